The standard InChI is InChI=1S/C10H11N9S/c1-18-6-7(5-13-18)20-10-15-8(17-11)14-9(16-10)19-4-2-3-12-19/h2-6H,11H2,1H3,(H,14,15,16,17). The number of nitrogens with two attached hydrogens (primary N) is 1. The van der Waals surface area contributed by atoms with Crippen molar-refractivity contribution in [3.8, 4) is 5.95 Å². The minimum atomic E-state index is 0.275. The van der Waals surface area contributed by atoms with Gasteiger partial charge in [0.15, 0.2) is 5.16 Å². The molecule has 10 heteroatoms. The molecular formula is C10H11N9S. The molecule has 0 fully saturated rings. The molecule has 3 rings (SSSR count). The molecule has 0 atom stereocenters. The second-order valence-corrected chi connectivity index (χ2v) is 4.83. The van der Waals surface area contributed by atoms with Gasteiger partial charge in [0.2, 0.25) is 5.95 Å². The Morgan fingerprint density at radius 2 is 2.15 bits per heavy atom. The first-order chi connectivity index (χ1) is 9.74. The Balaban J connectivity index is 1.96. The number of aryl methyl sites for hydroxylation is 1. The lowest BCUT2D eigenvalue weighted by Crippen LogP contribution is -2.14. The Bertz CT molecular complexity index is 705. The fourth-order valence-electron chi connectivity index (χ4n) is 1.50. The fraction of sp³-hybridized carbons (Fsp3) is 0.100. The van der Waals surface area contributed by atoms with Gasteiger partial charge in [-0.3, -0.25) is 10.1 Å². The lowest BCUT2D eigenvalue weighted by atomic mass is 10.7. The lowest BCUT2D eigenvalue weighted by Gasteiger charge is -2.05. The number of hydrazine groups is 1. The van der Waals surface area contributed by atoms with Crippen LogP contribution in [0.5, 0.6) is 0 Å². The Labute approximate surface area is 118 Å². The summed E-state index contributed by atoms with van der Waals surface area (Å²) >= 11 is 1.37. The number of aromatic nitrogens is 7. The number of nitrogens with one attached hydrogen (secondary N) is 1. The maximum atomic E-state index is 5.38. The third kappa shape index (κ3) is 2.60. The largest absolute Gasteiger partial charge is 0.292 e. The molecule has 102 valence electrons. The van der Waals surface area contributed by atoms with Gasteiger partial charge in [-0.2, -0.15) is 25.1 Å². The van der Waals surface area contributed by atoms with Gasteiger partial charge >= 0.3 is 0 Å². The molecule has 0 unspecified atom stereocenters. The van der Waals surface area contributed by atoms with Crippen molar-refractivity contribution in [2.75, 3.05) is 5.43 Å². The first kappa shape index (κ1) is 12.6. The van der Waals surface area contributed by atoms with E-state index in [1.165, 1.54) is 16.4 Å². The molecule has 3 aromatic rings. The number of nitrogens with zero attached hydrogens (tertiary/aromatic N) is 7. The summed E-state index contributed by atoms with van der Waals surface area (Å²) in [5.41, 5.74) is 2.42. The van der Waals surface area contributed by atoms with E-state index in [0.29, 0.717) is 11.1 Å². The first-order valence-electron chi connectivity index (χ1n) is 5.64. The van der Waals surface area contributed by atoms with E-state index in [0.717, 1.165) is 4.90 Å². The maximum Gasteiger partial charge on any atom is 0.256 e. The molecular weight excluding hydrogens is 278 g/mol. The van der Waals surface area contributed by atoms with Crippen molar-refractivity contribution in [3.63, 3.8) is 0 Å². The summed E-state index contributed by atoms with van der Waals surface area (Å²) < 4.78 is 3.25. The van der Waals surface area contributed by atoms with Crippen molar-refractivity contribution in [3.05, 3.63) is 30.9 Å². The normalized spacial score (nSPS) is 10.7. The van der Waals surface area contributed by atoms with E-state index in [9.17, 15) is 0 Å². The summed E-state index contributed by atoms with van der Waals surface area (Å²) in [4.78, 5) is 13.6. The molecule has 20 heavy (non-hydrogen) atoms. The average Bonchev–Trinajstić information content (AvgIpc) is 3.10. The number of hydrogen-bond acceptors (Lipinski definition) is 8. The van der Waals surface area contributed by atoms with Crippen LogP contribution in [-0.4, -0.2) is 34.5 Å². The Kier molecular flexibility index (Phi) is 3.31. The molecule has 0 aliphatic rings. The van der Waals surface area contributed by atoms with Crippen molar-refractivity contribution < 1.29 is 0 Å². The predicted molar refractivity (Wildman–Crippen MR) is 72.1 cm³/mol. The average molecular weight is 289 g/mol. The lowest BCUT2D eigenvalue weighted by molar-refractivity contribution is 0.760. The SMILES string of the molecule is Cn1cc(Sc2nc(NN)nc(-n3cccn3)n2)cn1. The molecule has 9 nitrogen and oxygen atoms in total. The number of hydrogen-bond donors (Lipinski definition) is 2. The number of rotatable bonds is 4. The Hall–Kier alpha value is -2.46. The van der Waals surface area contributed by atoms with Crippen LogP contribution in [0.25, 0.3) is 5.95 Å². The summed E-state index contributed by atoms with van der Waals surface area (Å²) in [6.45, 7) is 0. The van der Waals surface area contributed by atoms with Gasteiger partial charge in [-0.05, 0) is 17.8 Å². The predicted octanol–water partition coefficient (Wildman–Crippen LogP) is 0.228. The van der Waals surface area contributed by atoms with Gasteiger partial charge in [-0.1, -0.05) is 0 Å². The second kappa shape index (κ2) is 5.27. The highest BCUT2D eigenvalue weighted by Crippen LogP contribution is 2.24. The highest BCUT2D eigenvalue weighted by Gasteiger charge is 2.10. The zero-order valence-electron chi connectivity index (χ0n) is 10.5. The monoisotopic (exact) mass is 289 g/mol. The van der Waals surface area contributed by atoms with Crippen LogP contribution in [0.2, 0.25) is 0 Å². The van der Waals surface area contributed by atoms with Crippen LogP contribution in [-0.2, 0) is 7.05 Å². The highest BCUT2D eigenvalue weighted by molar-refractivity contribution is 7.99. The van der Waals surface area contributed by atoms with Gasteiger partial charge in [0, 0.05) is 25.6 Å². The van der Waals surface area contributed by atoms with E-state index >= 15 is 0 Å². The van der Waals surface area contributed by atoms with Crippen LogP contribution in [0, 0.1) is 0 Å². The van der Waals surface area contributed by atoms with Crippen LogP contribution < -0.4 is 11.3 Å². The van der Waals surface area contributed by atoms with E-state index in [-0.39, 0.29) is 5.95 Å². The molecule has 0 aliphatic heterocycles. The van der Waals surface area contributed by atoms with E-state index in [2.05, 4.69) is 30.6 Å². The molecule has 3 N–H and O–H groups in total. The number of anilines is 1. The summed E-state index contributed by atoms with van der Waals surface area (Å²) in [5, 5.41) is 8.68. The van der Waals surface area contributed by atoms with Crippen LogP contribution in [0.1, 0.15) is 0 Å². The van der Waals surface area contributed by atoms with Crippen LogP contribution in [0.15, 0.2) is 40.9 Å². The Morgan fingerprint density at radius 3 is 2.80 bits per heavy atom. The maximum absolute atomic E-state index is 5.38. The van der Waals surface area contributed by atoms with E-state index < -0.39 is 0 Å². The van der Waals surface area contributed by atoms with Crippen LogP contribution in [0.3, 0.4) is 0 Å². The molecule has 0 saturated heterocycles. The van der Waals surface area contributed by atoms with Crippen LogP contribution in [0.4, 0.5) is 5.95 Å². The van der Waals surface area contributed by atoms with E-state index in [1.807, 2.05) is 13.2 Å². The third-order valence-corrected chi connectivity index (χ3v) is 3.14. The van der Waals surface area contributed by atoms with Crippen molar-refractivity contribution in [1.82, 2.24) is 34.5 Å². The minimum Gasteiger partial charge on any atom is -0.292 e. The summed E-state index contributed by atoms with van der Waals surface area (Å²) in [5.74, 6) is 6.05. The molecule has 0 spiro atoms. The third-order valence-electron chi connectivity index (χ3n) is 2.33. The van der Waals surface area contributed by atoms with Crippen molar-refractivity contribution >= 4 is 17.7 Å². The molecule has 0 saturated carbocycles. The van der Waals surface area contributed by atoms with Crippen molar-refractivity contribution in [1.29, 1.82) is 0 Å². The van der Waals surface area contributed by atoms with Gasteiger partial charge in [0.05, 0.1) is 11.1 Å². The zero-order chi connectivity index (χ0) is 13.9. The summed E-state index contributed by atoms with van der Waals surface area (Å²) in [6.07, 6.45) is 7.00. The Morgan fingerprint density at radius 1 is 1.25 bits per heavy atom. The minimum absolute atomic E-state index is 0.275. The molecule has 3 aromatic heterocycles. The van der Waals surface area contributed by atoms with Gasteiger partial charge in [-0.25, -0.2) is 10.5 Å². The van der Waals surface area contributed by atoms with Gasteiger partial charge < -0.3 is 0 Å². The fourth-order valence-corrected chi connectivity index (χ4v) is 2.28. The number of nitrogen functional groups attached to an aromatic ring is 1. The van der Waals surface area contributed by atoms with Gasteiger partial charge in [0.1, 0.15) is 0 Å². The molecule has 0 aliphatic carbocycles. The second-order valence-electron chi connectivity index (χ2n) is 3.79. The smallest absolute Gasteiger partial charge is 0.256 e. The first-order valence-corrected chi connectivity index (χ1v) is 6.45. The van der Waals surface area contributed by atoms with E-state index in [1.54, 1.807) is 29.3 Å². The molecule has 3 heterocycles. The van der Waals surface area contributed by atoms with Gasteiger partial charge in [-0.15, -0.1) is 0 Å². The van der Waals surface area contributed by atoms with Crippen molar-refractivity contribution in [2.24, 2.45) is 12.9 Å². The topological polar surface area (TPSA) is 112 Å². The quantitative estimate of drug-likeness (QED) is 0.518. The zero-order valence-corrected chi connectivity index (χ0v) is 11.3. The van der Waals surface area contributed by atoms with E-state index in [4.69, 9.17) is 5.84 Å². The molecule has 0 bridgehead atoms. The molecule has 0 amide bonds. The molecule has 0 aromatic carbocycles. The van der Waals surface area contributed by atoms with Gasteiger partial charge in [0.25, 0.3) is 5.95 Å². The highest BCUT2D eigenvalue weighted by atomic mass is 32.2. The molecule has 0 radical (unpaired) electrons. The van der Waals surface area contributed by atoms with Crippen molar-refractivity contribution in [2.45, 2.75) is 10.1 Å². The van der Waals surface area contributed by atoms with Crippen LogP contribution >= 0.6 is 11.8 Å². The summed E-state index contributed by atoms with van der Waals surface area (Å²) in [7, 11) is 1.85. The summed E-state index contributed by atoms with van der Waals surface area (Å²) in [6, 6.07) is 1.78.